The summed E-state index contributed by atoms with van der Waals surface area (Å²) in [6, 6.07) is 0.875. The van der Waals surface area contributed by atoms with E-state index in [2.05, 4.69) is 10.2 Å². The number of sulfone groups is 1. The van der Waals surface area contributed by atoms with Gasteiger partial charge in [-0.25, -0.2) is 8.42 Å². The van der Waals surface area contributed by atoms with Crippen LogP contribution in [0, 0.1) is 0 Å². The van der Waals surface area contributed by atoms with Crippen LogP contribution in [0.4, 0.5) is 0 Å². The molecule has 1 aliphatic rings. The van der Waals surface area contributed by atoms with Crippen LogP contribution in [0.15, 0.2) is 10.9 Å². The number of carbonyl (C=O) groups excluding carboxylic acids is 1. The summed E-state index contributed by atoms with van der Waals surface area (Å²) in [7, 11) is -3.03. The molecule has 2 rings (SSSR count). The Bertz CT molecular complexity index is 601. The Morgan fingerprint density at radius 1 is 1.50 bits per heavy atom. The number of H-pyrrole nitrogens is 2. The van der Waals surface area contributed by atoms with Gasteiger partial charge in [0.25, 0.3) is 11.5 Å². The average Bonchev–Trinajstić information content (AvgIpc) is 2.86. The fourth-order valence-corrected chi connectivity index (χ4v) is 3.92. The first-order chi connectivity index (χ1) is 8.43. The Kier molecular flexibility index (Phi) is 3.29. The average molecular weight is 273 g/mol. The van der Waals surface area contributed by atoms with E-state index < -0.39 is 9.84 Å². The number of amides is 1. The monoisotopic (exact) mass is 273 g/mol. The van der Waals surface area contributed by atoms with Gasteiger partial charge in [-0.1, -0.05) is 0 Å². The maximum absolute atomic E-state index is 12.1. The highest BCUT2D eigenvalue weighted by Gasteiger charge is 2.34. The van der Waals surface area contributed by atoms with Crippen LogP contribution in [0.1, 0.15) is 23.8 Å². The number of aromatic nitrogens is 2. The summed E-state index contributed by atoms with van der Waals surface area (Å²) in [4.78, 5) is 24.6. The summed E-state index contributed by atoms with van der Waals surface area (Å²) in [5.74, 6) is -0.232. The summed E-state index contributed by atoms with van der Waals surface area (Å²) in [6.07, 6.45) is 0.455. The Morgan fingerprint density at radius 2 is 2.22 bits per heavy atom. The van der Waals surface area contributed by atoms with E-state index in [1.165, 1.54) is 11.0 Å². The first-order valence-electron chi connectivity index (χ1n) is 5.72. The maximum atomic E-state index is 12.1. The second kappa shape index (κ2) is 4.60. The van der Waals surface area contributed by atoms with E-state index >= 15 is 0 Å². The van der Waals surface area contributed by atoms with E-state index in [-0.39, 0.29) is 34.7 Å². The van der Waals surface area contributed by atoms with Crippen molar-refractivity contribution in [1.29, 1.82) is 0 Å². The molecule has 1 amide bonds. The van der Waals surface area contributed by atoms with E-state index in [4.69, 9.17) is 0 Å². The largest absolute Gasteiger partial charge is 0.334 e. The number of aromatic amines is 2. The van der Waals surface area contributed by atoms with Crippen molar-refractivity contribution >= 4 is 15.7 Å². The van der Waals surface area contributed by atoms with Crippen molar-refractivity contribution in [3.8, 4) is 0 Å². The molecule has 2 N–H and O–H groups in total. The predicted octanol–water partition coefficient (Wildman–Crippen LogP) is -0.648. The zero-order chi connectivity index (χ0) is 13.3. The number of carbonyl (C=O) groups is 1. The van der Waals surface area contributed by atoms with E-state index in [1.54, 1.807) is 6.92 Å². The molecule has 0 aliphatic carbocycles. The van der Waals surface area contributed by atoms with Gasteiger partial charge in [-0.15, -0.1) is 0 Å². The first-order valence-corrected chi connectivity index (χ1v) is 7.54. The number of nitrogens with one attached hydrogen (secondary N) is 2. The van der Waals surface area contributed by atoms with Crippen LogP contribution in [0.5, 0.6) is 0 Å². The minimum atomic E-state index is -3.03. The van der Waals surface area contributed by atoms with Crippen molar-refractivity contribution in [3.05, 3.63) is 22.1 Å². The molecule has 0 radical (unpaired) electrons. The van der Waals surface area contributed by atoms with Gasteiger partial charge in [-0.3, -0.25) is 19.8 Å². The summed E-state index contributed by atoms with van der Waals surface area (Å²) < 4.78 is 22.8. The molecule has 8 heteroatoms. The Morgan fingerprint density at radius 3 is 2.67 bits per heavy atom. The Hall–Kier alpha value is -1.57. The lowest BCUT2D eigenvalue weighted by molar-refractivity contribution is 0.0702. The van der Waals surface area contributed by atoms with Crippen molar-refractivity contribution in [2.45, 2.75) is 19.4 Å². The molecule has 0 bridgehead atoms. The normalized spacial score (nSPS) is 21.9. The number of hydrogen-bond donors (Lipinski definition) is 2. The zero-order valence-corrected chi connectivity index (χ0v) is 10.8. The summed E-state index contributed by atoms with van der Waals surface area (Å²) in [5.41, 5.74) is -0.223. The first kappa shape index (κ1) is 12.9. The van der Waals surface area contributed by atoms with Crippen molar-refractivity contribution in [2.24, 2.45) is 0 Å². The fourth-order valence-electron chi connectivity index (χ4n) is 2.19. The van der Waals surface area contributed by atoms with E-state index in [0.29, 0.717) is 13.0 Å². The molecule has 2 heterocycles. The number of nitrogens with zero attached hydrogens (tertiary/aromatic N) is 1. The Balaban J connectivity index is 2.19. The molecule has 18 heavy (non-hydrogen) atoms. The van der Waals surface area contributed by atoms with Gasteiger partial charge in [0.2, 0.25) is 0 Å². The molecule has 1 unspecified atom stereocenters. The third-order valence-corrected chi connectivity index (χ3v) is 4.83. The highest BCUT2D eigenvalue weighted by Crippen LogP contribution is 2.18. The van der Waals surface area contributed by atoms with Crippen LogP contribution in [-0.4, -0.2) is 53.5 Å². The van der Waals surface area contributed by atoms with Gasteiger partial charge < -0.3 is 4.90 Å². The van der Waals surface area contributed by atoms with Gasteiger partial charge in [0, 0.05) is 18.7 Å². The van der Waals surface area contributed by atoms with Crippen molar-refractivity contribution in [2.75, 3.05) is 18.1 Å². The molecule has 1 aromatic rings. The van der Waals surface area contributed by atoms with Gasteiger partial charge in [-0.2, -0.15) is 0 Å². The maximum Gasteiger partial charge on any atom is 0.272 e. The molecule has 100 valence electrons. The summed E-state index contributed by atoms with van der Waals surface area (Å²) >= 11 is 0. The summed E-state index contributed by atoms with van der Waals surface area (Å²) in [5, 5.41) is 4.78. The molecule has 1 saturated heterocycles. The van der Waals surface area contributed by atoms with Gasteiger partial charge >= 0.3 is 0 Å². The lowest BCUT2D eigenvalue weighted by Crippen LogP contribution is -2.41. The molecule has 1 aliphatic heterocycles. The molecular formula is C10H15N3O4S. The third kappa shape index (κ3) is 2.47. The topological polar surface area (TPSA) is 103 Å². The molecule has 7 nitrogen and oxygen atoms in total. The van der Waals surface area contributed by atoms with E-state index in [9.17, 15) is 18.0 Å². The molecule has 1 atom stereocenters. The van der Waals surface area contributed by atoms with Gasteiger partial charge in [-0.05, 0) is 13.3 Å². The summed E-state index contributed by atoms with van der Waals surface area (Å²) in [6.45, 7) is 2.19. The van der Waals surface area contributed by atoms with Crippen LogP contribution in [0.25, 0.3) is 0 Å². The van der Waals surface area contributed by atoms with Crippen LogP contribution >= 0.6 is 0 Å². The molecule has 0 spiro atoms. The van der Waals surface area contributed by atoms with Crippen LogP contribution in [0.2, 0.25) is 0 Å². The second-order valence-corrected chi connectivity index (χ2v) is 6.55. The number of hydrogen-bond acceptors (Lipinski definition) is 4. The minimum Gasteiger partial charge on any atom is -0.334 e. The van der Waals surface area contributed by atoms with Crippen molar-refractivity contribution in [1.82, 2.24) is 15.1 Å². The van der Waals surface area contributed by atoms with E-state index in [0.717, 1.165) is 0 Å². The standard InChI is InChI=1S/C10H15N3O4S/c1-2-13(7-3-4-18(16,17)6-7)10(15)8-5-9(14)12-11-8/h5,7H,2-4,6H2,1H3,(H2,11,12,14). The third-order valence-electron chi connectivity index (χ3n) is 3.08. The quantitative estimate of drug-likeness (QED) is 0.764. The van der Waals surface area contributed by atoms with Gasteiger partial charge in [0.1, 0.15) is 5.69 Å². The predicted molar refractivity (Wildman–Crippen MR) is 65.2 cm³/mol. The lowest BCUT2D eigenvalue weighted by Gasteiger charge is -2.26. The van der Waals surface area contributed by atoms with Crippen LogP contribution < -0.4 is 5.56 Å². The van der Waals surface area contributed by atoms with Crippen molar-refractivity contribution in [3.63, 3.8) is 0 Å². The second-order valence-electron chi connectivity index (χ2n) is 4.32. The van der Waals surface area contributed by atoms with Crippen molar-refractivity contribution < 1.29 is 13.2 Å². The Labute approximate surface area is 104 Å². The highest BCUT2D eigenvalue weighted by atomic mass is 32.2. The van der Waals surface area contributed by atoms with Crippen LogP contribution in [0.3, 0.4) is 0 Å². The lowest BCUT2D eigenvalue weighted by atomic mass is 10.2. The molecule has 1 fully saturated rings. The zero-order valence-electron chi connectivity index (χ0n) is 9.97. The number of rotatable bonds is 3. The van der Waals surface area contributed by atoms with E-state index in [1.807, 2.05) is 0 Å². The highest BCUT2D eigenvalue weighted by molar-refractivity contribution is 7.91. The fraction of sp³-hybridized carbons (Fsp3) is 0.600. The van der Waals surface area contributed by atoms with Gasteiger partial charge in [0.15, 0.2) is 9.84 Å². The smallest absolute Gasteiger partial charge is 0.272 e. The molecule has 0 saturated carbocycles. The molecular weight excluding hydrogens is 258 g/mol. The SMILES string of the molecule is CCN(C(=O)c1cc(=O)[nH][nH]1)C1CCS(=O)(=O)C1. The minimum absolute atomic E-state index is 0.00123. The van der Waals surface area contributed by atoms with Crippen LogP contribution in [-0.2, 0) is 9.84 Å². The molecule has 0 aromatic carbocycles. The molecule has 1 aromatic heterocycles. The van der Waals surface area contributed by atoms with Gasteiger partial charge in [0.05, 0.1) is 11.5 Å².